The second-order valence-corrected chi connectivity index (χ2v) is 5.12. The molecular formula is C15H27Cl9F2N4O. The van der Waals surface area contributed by atoms with Gasteiger partial charge in [-0.2, -0.15) is 0 Å². The van der Waals surface area contributed by atoms with Gasteiger partial charge in [-0.1, -0.05) is 0 Å². The van der Waals surface area contributed by atoms with Crippen molar-refractivity contribution in [3.8, 4) is 5.75 Å². The van der Waals surface area contributed by atoms with Crippen molar-refractivity contribution in [3.63, 3.8) is 0 Å². The van der Waals surface area contributed by atoms with E-state index in [1.165, 1.54) is 12.1 Å². The van der Waals surface area contributed by atoms with E-state index < -0.39 is 11.6 Å². The number of benzene rings is 1. The summed E-state index contributed by atoms with van der Waals surface area (Å²) in [6.07, 6.45) is 5.14. The molecule has 0 spiro atoms. The van der Waals surface area contributed by atoms with Gasteiger partial charge in [-0.25, -0.2) is 13.8 Å². The van der Waals surface area contributed by atoms with Crippen molar-refractivity contribution < 1.29 is 13.5 Å². The number of rotatable bonds is 5. The summed E-state index contributed by atoms with van der Waals surface area (Å²) < 4.78 is 35.7. The Bertz CT molecular complexity index is 616. The molecule has 1 aliphatic rings. The summed E-state index contributed by atoms with van der Waals surface area (Å²) in [4.78, 5) is 5.63. The second-order valence-electron chi connectivity index (χ2n) is 5.12. The van der Waals surface area contributed by atoms with Gasteiger partial charge in [0.15, 0.2) is 11.6 Å². The molecule has 2 aromatic rings. The third-order valence-corrected chi connectivity index (χ3v) is 3.60. The first-order chi connectivity index (χ1) is 10.7. The van der Waals surface area contributed by atoms with E-state index >= 15 is 0 Å². The largest absolute Gasteiger partial charge is 0.492 e. The third kappa shape index (κ3) is 14.4. The molecule has 0 amide bonds. The van der Waals surface area contributed by atoms with Gasteiger partial charge in [-0.3, -0.25) is 0 Å². The summed E-state index contributed by atoms with van der Waals surface area (Å²) in [5.41, 5.74) is 0.0310. The van der Waals surface area contributed by atoms with Crippen molar-refractivity contribution >= 4 is 117 Å². The van der Waals surface area contributed by atoms with Crippen LogP contribution in [-0.4, -0.2) is 42.3 Å². The quantitative estimate of drug-likeness (QED) is 0.475. The van der Waals surface area contributed by atoms with Crippen LogP contribution < -0.4 is 15.0 Å². The van der Waals surface area contributed by atoms with E-state index in [-0.39, 0.29) is 123 Å². The fourth-order valence-electron chi connectivity index (χ4n) is 2.50. The van der Waals surface area contributed by atoms with Crippen LogP contribution in [0, 0.1) is 11.6 Å². The van der Waals surface area contributed by atoms with Crippen LogP contribution in [0.25, 0.3) is 0 Å². The molecule has 1 saturated heterocycles. The molecule has 1 N–H and O–H groups in total. The zero-order valence-corrected chi connectivity index (χ0v) is 23.2. The number of nitrogens with zero attached hydrogens (tertiary/aromatic N) is 3. The van der Waals surface area contributed by atoms with Crippen LogP contribution in [-0.2, 0) is 6.54 Å². The highest BCUT2D eigenvalue weighted by Gasteiger charge is 2.20. The van der Waals surface area contributed by atoms with Crippen molar-refractivity contribution in [2.45, 2.75) is 6.54 Å². The van der Waals surface area contributed by atoms with Gasteiger partial charge in [-0.05, 0) is 0 Å². The van der Waals surface area contributed by atoms with Crippen LogP contribution in [0.4, 0.5) is 14.5 Å². The van der Waals surface area contributed by atoms with Gasteiger partial charge in [0.2, 0.25) is 0 Å². The molecule has 0 atom stereocenters. The van der Waals surface area contributed by atoms with Crippen LogP contribution >= 0.6 is 112 Å². The summed E-state index contributed by atoms with van der Waals surface area (Å²) in [5, 5.41) is 3.16. The summed E-state index contributed by atoms with van der Waals surface area (Å²) in [5.74, 6) is -0.965. The molecule has 0 bridgehead atoms. The van der Waals surface area contributed by atoms with Crippen molar-refractivity contribution in [2.24, 2.45) is 0 Å². The summed E-state index contributed by atoms with van der Waals surface area (Å²) in [6.45, 7) is 3.53. The summed E-state index contributed by atoms with van der Waals surface area (Å²) in [7, 11) is 0. The molecule has 1 fully saturated rings. The minimum absolute atomic E-state index is 0. The van der Waals surface area contributed by atoms with Gasteiger partial charge in [0.05, 0.1) is 12.9 Å². The molecule has 1 aromatic carbocycles. The number of hydrogen-bond acceptors (Lipinski definition) is 4. The van der Waals surface area contributed by atoms with Crippen molar-refractivity contribution in [1.82, 2.24) is 14.9 Å². The van der Waals surface area contributed by atoms with E-state index in [1.54, 1.807) is 23.6 Å². The molecule has 0 unspecified atom stereocenters. The van der Waals surface area contributed by atoms with Gasteiger partial charge >= 0.3 is 0 Å². The molecule has 0 radical (unpaired) electrons. The lowest BCUT2D eigenvalue weighted by atomic mass is 10.2. The standard InChI is InChI=1S/C15H18F2N4O.9ClH/c16-13-9-12(22-8-7-20-4-1-19-11-20)10-14(17)15(13)21-5-2-18-3-6-21;;;;;;;;;/h1,4,9-11,18H,2-3,5-8H2;9*1H. The average Bonchev–Trinajstić information content (AvgIpc) is 3.01. The number of aromatic nitrogens is 2. The maximum atomic E-state index is 14.2. The molecule has 5 nitrogen and oxygen atoms in total. The number of halogens is 11. The minimum atomic E-state index is -0.584. The fraction of sp³-hybridized carbons (Fsp3) is 0.400. The zero-order valence-electron chi connectivity index (χ0n) is 15.8. The number of ether oxygens (including phenoxy) is 1. The normalized spacial score (nSPS) is 10.7. The zero-order chi connectivity index (χ0) is 15.4. The van der Waals surface area contributed by atoms with Gasteiger partial charge in [0, 0.05) is 50.7 Å². The minimum Gasteiger partial charge on any atom is -0.492 e. The van der Waals surface area contributed by atoms with E-state index in [4.69, 9.17) is 4.74 Å². The first kappa shape index (κ1) is 48.8. The Morgan fingerprint density at radius 1 is 0.871 bits per heavy atom. The first-order valence-electron chi connectivity index (χ1n) is 7.27. The molecule has 3 rings (SSSR count). The van der Waals surface area contributed by atoms with Crippen LogP contribution in [0.1, 0.15) is 0 Å². The van der Waals surface area contributed by atoms with Gasteiger partial charge in [-0.15, -0.1) is 112 Å². The third-order valence-electron chi connectivity index (χ3n) is 3.60. The Kier molecular flexibility index (Phi) is 39.5. The lowest BCUT2D eigenvalue weighted by Crippen LogP contribution is -2.44. The highest BCUT2D eigenvalue weighted by atomic mass is 35.5. The Hall–Kier alpha value is 0.460. The number of nitrogens with one attached hydrogen (secondary N) is 1. The van der Waals surface area contributed by atoms with E-state index in [0.29, 0.717) is 26.2 Å². The number of anilines is 1. The van der Waals surface area contributed by atoms with Crippen molar-refractivity contribution in [3.05, 3.63) is 42.5 Å². The first-order valence-corrected chi connectivity index (χ1v) is 7.27. The van der Waals surface area contributed by atoms with Crippen LogP contribution in [0.2, 0.25) is 0 Å². The highest BCUT2D eigenvalue weighted by Crippen LogP contribution is 2.28. The molecule has 1 aromatic heterocycles. The maximum absolute atomic E-state index is 14.2. The molecule has 16 heteroatoms. The van der Waals surface area contributed by atoms with Gasteiger partial charge in [0.25, 0.3) is 0 Å². The molecule has 0 saturated carbocycles. The van der Waals surface area contributed by atoms with Crippen molar-refractivity contribution in [1.29, 1.82) is 0 Å². The monoisotopic (exact) mass is 632 g/mol. The lowest BCUT2D eigenvalue weighted by molar-refractivity contribution is 0.295. The molecule has 2 heterocycles. The second kappa shape index (κ2) is 25.1. The Morgan fingerprint density at radius 3 is 1.84 bits per heavy atom. The van der Waals surface area contributed by atoms with E-state index in [0.717, 1.165) is 13.1 Å². The Morgan fingerprint density at radius 2 is 1.39 bits per heavy atom. The van der Waals surface area contributed by atoms with Crippen LogP contribution in [0.5, 0.6) is 5.75 Å². The molecule has 31 heavy (non-hydrogen) atoms. The average molecular weight is 636 g/mol. The number of hydrogen-bond donors (Lipinski definition) is 1. The number of piperazine rings is 1. The smallest absolute Gasteiger partial charge is 0.153 e. The van der Waals surface area contributed by atoms with Crippen LogP contribution in [0.15, 0.2) is 30.9 Å². The number of imidazole rings is 1. The molecule has 1 aliphatic heterocycles. The Labute approximate surface area is 236 Å². The fourth-order valence-corrected chi connectivity index (χ4v) is 2.50. The van der Waals surface area contributed by atoms with Gasteiger partial charge < -0.3 is 19.5 Å². The maximum Gasteiger partial charge on any atom is 0.153 e. The van der Waals surface area contributed by atoms with E-state index in [1.807, 2.05) is 4.57 Å². The SMILES string of the molecule is Cl.Cl.Cl.Cl.Cl.Cl.Cl.Cl.Cl.Fc1cc(OCCn2ccnc2)cc(F)c1N1CCNCC1. The van der Waals surface area contributed by atoms with Gasteiger partial charge in [0.1, 0.15) is 18.0 Å². The lowest BCUT2D eigenvalue weighted by Gasteiger charge is -2.30. The van der Waals surface area contributed by atoms with E-state index in [2.05, 4.69) is 10.3 Å². The summed E-state index contributed by atoms with van der Waals surface area (Å²) >= 11 is 0. The molecule has 190 valence electrons. The summed E-state index contributed by atoms with van der Waals surface area (Å²) in [6, 6.07) is 2.49. The van der Waals surface area contributed by atoms with E-state index in [9.17, 15) is 8.78 Å². The highest BCUT2D eigenvalue weighted by molar-refractivity contribution is 5.86. The van der Waals surface area contributed by atoms with Crippen LogP contribution in [0.3, 0.4) is 0 Å². The molecular weight excluding hydrogens is 609 g/mol. The Balaban J connectivity index is -0.000000128. The molecule has 0 aliphatic carbocycles. The van der Waals surface area contributed by atoms with Crippen molar-refractivity contribution in [2.75, 3.05) is 37.7 Å². The topological polar surface area (TPSA) is 42.3 Å². The predicted molar refractivity (Wildman–Crippen MR) is 144 cm³/mol. The predicted octanol–water partition coefficient (Wildman–Crippen LogP) is 5.45.